The molecule has 0 bridgehead atoms. The number of H-pyrrole nitrogens is 1. The number of fused-ring (bicyclic) bond motifs is 1. The molecule has 1 aliphatic rings. The van der Waals surface area contributed by atoms with Gasteiger partial charge in [-0.15, -0.1) is 5.10 Å². The summed E-state index contributed by atoms with van der Waals surface area (Å²) >= 11 is 0. The Morgan fingerprint density at radius 1 is 1.05 bits per heavy atom. The van der Waals surface area contributed by atoms with Gasteiger partial charge in [0.15, 0.2) is 11.2 Å². The summed E-state index contributed by atoms with van der Waals surface area (Å²) in [5.74, 6) is -0.0206. The number of alkyl halides is 3. The average molecular weight is 515 g/mol. The SMILES string of the molecule is O=C(Nc1ccc(C(F)(F)F)cc1)N1CCC(c2nc3c(nnn3Cc3ccc(F)cc3)c(=O)[nH]2)CC1. The zero-order chi connectivity index (χ0) is 26.2. The van der Waals surface area contributed by atoms with Crippen molar-refractivity contribution in [2.75, 3.05) is 18.4 Å². The molecule has 192 valence electrons. The van der Waals surface area contributed by atoms with Crippen LogP contribution in [0.4, 0.5) is 28.0 Å². The average Bonchev–Trinajstić information content (AvgIpc) is 3.28. The fourth-order valence-electron chi connectivity index (χ4n) is 4.25. The molecular formula is C24H21F4N7O2. The van der Waals surface area contributed by atoms with Crippen LogP contribution in [0.2, 0.25) is 0 Å². The number of aromatic amines is 1. The van der Waals surface area contributed by atoms with Crippen molar-refractivity contribution in [1.82, 2.24) is 29.9 Å². The van der Waals surface area contributed by atoms with Gasteiger partial charge in [0.25, 0.3) is 5.56 Å². The van der Waals surface area contributed by atoms with E-state index in [-0.39, 0.29) is 29.5 Å². The number of benzene rings is 2. The third-order valence-corrected chi connectivity index (χ3v) is 6.27. The molecule has 0 saturated carbocycles. The fraction of sp³-hybridized carbons (Fsp3) is 0.292. The lowest BCUT2D eigenvalue weighted by Gasteiger charge is -2.31. The molecule has 37 heavy (non-hydrogen) atoms. The molecule has 1 fully saturated rings. The number of aromatic nitrogens is 5. The number of carbonyl (C=O) groups excluding carboxylic acids is 1. The van der Waals surface area contributed by atoms with Crippen LogP contribution in [-0.2, 0) is 12.7 Å². The summed E-state index contributed by atoms with van der Waals surface area (Å²) in [6.07, 6.45) is -3.40. The molecule has 13 heteroatoms. The number of rotatable bonds is 4. The van der Waals surface area contributed by atoms with Gasteiger partial charge in [0.2, 0.25) is 0 Å². The van der Waals surface area contributed by atoms with E-state index in [9.17, 15) is 27.2 Å². The van der Waals surface area contributed by atoms with Gasteiger partial charge in [-0.25, -0.2) is 18.9 Å². The number of anilines is 1. The topological polar surface area (TPSA) is 109 Å². The number of hydrogen-bond acceptors (Lipinski definition) is 5. The molecule has 3 heterocycles. The Kier molecular flexibility index (Phi) is 6.36. The van der Waals surface area contributed by atoms with Crippen molar-refractivity contribution in [3.05, 3.63) is 81.7 Å². The van der Waals surface area contributed by atoms with E-state index in [0.29, 0.717) is 37.4 Å². The van der Waals surface area contributed by atoms with E-state index in [2.05, 4.69) is 25.6 Å². The van der Waals surface area contributed by atoms with Gasteiger partial charge in [-0.2, -0.15) is 13.2 Å². The van der Waals surface area contributed by atoms with Crippen LogP contribution >= 0.6 is 0 Å². The second-order valence-electron chi connectivity index (χ2n) is 8.76. The van der Waals surface area contributed by atoms with Gasteiger partial charge >= 0.3 is 12.2 Å². The first kappa shape index (κ1) is 24.4. The number of halogens is 4. The summed E-state index contributed by atoms with van der Waals surface area (Å²) in [4.78, 5) is 34.1. The second-order valence-corrected chi connectivity index (χ2v) is 8.76. The third-order valence-electron chi connectivity index (χ3n) is 6.27. The molecule has 0 spiro atoms. The molecule has 1 aliphatic heterocycles. The van der Waals surface area contributed by atoms with Gasteiger partial charge in [-0.3, -0.25) is 4.79 Å². The molecule has 2 N–H and O–H groups in total. The smallest absolute Gasteiger partial charge is 0.324 e. The maximum atomic E-state index is 13.2. The minimum Gasteiger partial charge on any atom is -0.324 e. The van der Waals surface area contributed by atoms with Gasteiger partial charge in [-0.1, -0.05) is 17.3 Å². The van der Waals surface area contributed by atoms with Crippen LogP contribution in [0.1, 0.15) is 35.7 Å². The molecule has 5 rings (SSSR count). The van der Waals surface area contributed by atoms with Crippen molar-refractivity contribution >= 4 is 22.9 Å². The Balaban J connectivity index is 1.25. The third kappa shape index (κ3) is 5.29. The highest BCUT2D eigenvalue weighted by molar-refractivity contribution is 5.89. The van der Waals surface area contributed by atoms with Crippen molar-refractivity contribution in [2.45, 2.75) is 31.5 Å². The van der Waals surface area contributed by atoms with E-state index in [1.54, 1.807) is 17.0 Å². The first-order chi connectivity index (χ1) is 17.7. The Hall–Kier alpha value is -4.29. The summed E-state index contributed by atoms with van der Waals surface area (Å²) < 4.78 is 52.9. The van der Waals surface area contributed by atoms with E-state index >= 15 is 0 Å². The number of nitrogens with zero attached hydrogens (tertiary/aromatic N) is 5. The van der Waals surface area contributed by atoms with Crippen LogP contribution in [0, 0.1) is 5.82 Å². The van der Waals surface area contributed by atoms with Crippen molar-refractivity contribution in [3.63, 3.8) is 0 Å². The van der Waals surface area contributed by atoms with Crippen molar-refractivity contribution in [1.29, 1.82) is 0 Å². The highest BCUT2D eigenvalue weighted by atomic mass is 19.4. The van der Waals surface area contributed by atoms with Gasteiger partial charge in [0.05, 0.1) is 12.1 Å². The highest BCUT2D eigenvalue weighted by Crippen LogP contribution is 2.30. The van der Waals surface area contributed by atoms with E-state index in [1.807, 2.05) is 0 Å². The number of likely N-dealkylation sites (tertiary alicyclic amines) is 1. The van der Waals surface area contributed by atoms with E-state index in [1.165, 1.54) is 28.9 Å². The fourth-order valence-corrected chi connectivity index (χ4v) is 4.25. The number of urea groups is 1. The lowest BCUT2D eigenvalue weighted by Crippen LogP contribution is -2.41. The van der Waals surface area contributed by atoms with Gasteiger partial charge in [0, 0.05) is 24.7 Å². The molecule has 0 atom stereocenters. The Morgan fingerprint density at radius 3 is 2.38 bits per heavy atom. The molecule has 0 aliphatic carbocycles. The number of nitrogens with one attached hydrogen (secondary N) is 2. The standard InChI is InChI=1S/C24H21F4N7O2/c25-17-5-1-14(2-6-17)13-35-21-19(32-33-35)22(36)31-20(30-21)15-9-11-34(12-10-15)23(37)29-18-7-3-16(4-8-18)24(26,27)28/h1-8,15H,9-13H2,(H,29,37)(H,30,31,36). The molecule has 2 amide bonds. The highest BCUT2D eigenvalue weighted by Gasteiger charge is 2.30. The number of amides is 2. The van der Waals surface area contributed by atoms with Gasteiger partial charge < -0.3 is 15.2 Å². The number of carbonyl (C=O) groups is 1. The predicted octanol–water partition coefficient (Wildman–Crippen LogP) is 4.13. The zero-order valence-electron chi connectivity index (χ0n) is 19.3. The summed E-state index contributed by atoms with van der Waals surface area (Å²) in [5.41, 5.74) is 0.222. The molecule has 2 aromatic heterocycles. The van der Waals surface area contributed by atoms with Crippen LogP contribution in [0.25, 0.3) is 11.2 Å². The molecular weight excluding hydrogens is 494 g/mol. The molecule has 9 nitrogen and oxygen atoms in total. The first-order valence-electron chi connectivity index (χ1n) is 11.5. The van der Waals surface area contributed by atoms with Crippen molar-refractivity contribution in [2.24, 2.45) is 0 Å². The van der Waals surface area contributed by atoms with E-state index < -0.39 is 23.3 Å². The number of hydrogen-bond donors (Lipinski definition) is 2. The summed E-state index contributed by atoms with van der Waals surface area (Å²) in [6.45, 7) is 0.993. The summed E-state index contributed by atoms with van der Waals surface area (Å²) in [6, 6.07) is 9.72. The first-order valence-corrected chi connectivity index (χ1v) is 11.5. The normalized spacial score (nSPS) is 14.8. The monoisotopic (exact) mass is 515 g/mol. The molecule has 1 saturated heterocycles. The molecule has 2 aromatic carbocycles. The van der Waals surface area contributed by atoms with E-state index in [0.717, 1.165) is 17.7 Å². The van der Waals surface area contributed by atoms with Gasteiger partial charge in [-0.05, 0) is 54.8 Å². The second kappa shape index (κ2) is 9.64. The Bertz CT molecular complexity index is 1470. The van der Waals surface area contributed by atoms with Crippen molar-refractivity contribution < 1.29 is 22.4 Å². The number of piperidine rings is 1. The van der Waals surface area contributed by atoms with Gasteiger partial charge in [0.1, 0.15) is 11.6 Å². The molecule has 4 aromatic rings. The van der Waals surface area contributed by atoms with Crippen LogP contribution in [0.5, 0.6) is 0 Å². The zero-order valence-corrected chi connectivity index (χ0v) is 19.3. The maximum absolute atomic E-state index is 13.2. The van der Waals surface area contributed by atoms with Crippen LogP contribution < -0.4 is 10.9 Å². The van der Waals surface area contributed by atoms with Crippen LogP contribution in [0.3, 0.4) is 0 Å². The quantitative estimate of drug-likeness (QED) is 0.398. The minimum atomic E-state index is -4.45. The molecule has 0 unspecified atom stereocenters. The van der Waals surface area contributed by atoms with Crippen LogP contribution in [0.15, 0.2) is 53.3 Å². The minimum absolute atomic E-state index is 0.0965. The summed E-state index contributed by atoms with van der Waals surface area (Å²) in [7, 11) is 0. The van der Waals surface area contributed by atoms with Crippen LogP contribution in [-0.4, -0.2) is 49.0 Å². The Morgan fingerprint density at radius 2 is 1.73 bits per heavy atom. The largest absolute Gasteiger partial charge is 0.416 e. The lowest BCUT2D eigenvalue weighted by molar-refractivity contribution is -0.137. The predicted molar refractivity (Wildman–Crippen MR) is 125 cm³/mol. The van der Waals surface area contributed by atoms with Crippen molar-refractivity contribution in [3.8, 4) is 0 Å². The summed E-state index contributed by atoms with van der Waals surface area (Å²) in [5, 5.41) is 10.6. The Labute approximate surface area is 207 Å². The lowest BCUT2D eigenvalue weighted by atomic mass is 9.96. The maximum Gasteiger partial charge on any atom is 0.416 e. The molecule has 0 radical (unpaired) electrons. The van der Waals surface area contributed by atoms with E-state index in [4.69, 9.17) is 0 Å².